The summed E-state index contributed by atoms with van der Waals surface area (Å²) in [5.41, 5.74) is -1.64. The minimum absolute atomic E-state index is 0.0196. The second kappa shape index (κ2) is 7.26. The first kappa shape index (κ1) is 20.7. The molecular formula is C18H21F3N2O2. The maximum atomic E-state index is 12.8. The molecule has 0 radical (unpaired) electrons. The van der Waals surface area contributed by atoms with Gasteiger partial charge >= 0.3 is 12.1 Å². The Morgan fingerprint density at radius 3 is 2.28 bits per heavy atom. The average Bonchev–Trinajstić information content (AvgIpc) is 2.45. The van der Waals surface area contributed by atoms with Crippen LogP contribution in [-0.4, -0.2) is 17.9 Å². The van der Waals surface area contributed by atoms with Crippen LogP contribution in [0.1, 0.15) is 45.7 Å². The molecule has 0 bridgehead atoms. The van der Waals surface area contributed by atoms with Crippen molar-refractivity contribution in [2.24, 2.45) is 16.0 Å². The van der Waals surface area contributed by atoms with Gasteiger partial charge in [-0.25, -0.2) is 4.79 Å². The van der Waals surface area contributed by atoms with Gasteiger partial charge < -0.3 is 4.84 Å². The number of oxime groups is 1. The predicted molar refractivity (Wildman–Crippen MR) is 87.7 cm³/mol. The molecule has 0 spiro atoms. The highest BCUT2D eigenvalue weighted by atomic mass is 19.4. The molecule has 25 heavy (non-hydrogen) atoms. The number of hydrogen-bond acceptors (Lipinski definition) is 4. The zero-order chi connectivity index (χ0) is 19.5. The SMILES string of the molecule is CC(C)(C)Cc1cccc(C(C#N)=NOC(=O)C(C)(C)C(F)(F)F)c1. The van der Waals surface area contributed by atoms with E-state index in [-0.39, 0.29) is 11.1 Å². The fraction of sp³-hybridized carbons (Fsp3) is 0.500. The summed E-state index contributed by atoms with van der Waals surface area (Å²) in [7, 11) is 0. The third-order valence-corrected chi connectivity index (χ3v) is 3.48. The van der Waals surface area contributed by atoms with Gasteiger partial charge in [-0.05, 0) is 37.3 Å². The Morgan fingerprint density at radius 2 is 1.80 bits per heavy atom. The Bertz CT molecular complexity index is 708. The van der Waals surface area contributed by atoms with Gasteiger partial charge in [0.1, 0.15) is 6.07 Å². The molecule has 1 aromatic carbocycles. The number of rotatable bonds is 4. The number of benzene rings is 1. The van der Waals surface area contributed by atoms with E-state index < -0.39 is 17.6 Å². The van der Waals surface area contributed by atoms with E-state index in [1.165, 1.54) is 0 Å². The first-order valence-corrected chi connectivity index (χ1v) is 7.63. The van der Waals surface area contributed by atoms with Gasteiger partial charge in [-0.1, -0.05) is 44.1 Å². The normalized spacial score (nSPS) is 13.3. The van der Waals surface area contributed by atoms with Gasteiger partial charge in [0.05, 0.1) is 0 Å². The molecule has 0 saturated heterocycles. The lowest BCUT2D eigenvalue weighted by Crippen LogP contribution is -2.40. The maximum Gasteiger partial charge on any atom is 0.404 e. The molecular weight excluding hydrogens is 333 g/mol. The van der Waals surface area contributed by atoms with Crippen molar-refractivity contribution >= 4 is 11.7 Å². The number of carbonyl (C=O) groups excluding carboxylic acids is 1. The van der Waals surface area contributed by atoms with Crippen LogP contribution in [-0.2, 0) is 16.1 Å². The van der Waals surface area contributed by atoms with Gasteiger partial charge in [0.2, 0.25) is 0 Å². The molecule has 1 aromatic rings. The molecule has 0 saturated carbocycles. The number of nitriles is 1. The molecule has 0 aromatic heterocycles. The molecule has 0 unspecified atom stereocenters. The van der Waals surface area contributed by atoms with Crippen molar-refractivity contribution in [1.29, 1.82) is 5.26 Å². The van der Waals surface area contributed by atoms with Crippen molar-refractivity contribution in [2.45, 2.75) is 47.2 Å². The largest absolute Gasteiger partial charge is 0.404 e. The van der Waals surface area contributed by atoms with E-state index in [9.17, 15) is 23.2 Å². The molecule has 0 atom stereocenters. The summed E-state index contributed by atoms with van der Waals surface area (Å²) in [6, 6.07) is 8.62. The van der Waals surface area contributed by atoms with Crippen molar-refractivity contribution in [2.75, 3.05) is 0 Å². The molecule has 136 valence electrons. The van der Waals surface area contributed by atoms with E-state index in [0.717, 1.165) is 12.0 Å². The minimum atomic E-state index is -4.78. The van der Waals surface area contributed by atoms with Crippen LogP contribution in [0.5, 0.6) is 0 Å². The second-order valence-electron chi connectivity index (χ2n) is 7.49. The van der Waals surface area contributed by atoms with Crippen LogP contribution in [0.25, 0.3) is 0 Å². The number of carbonyl (C=O) groups is 1. The van der Waals surface area contributed by atoms with E-state index in [4.69, 9.17) is 0 Å². The lowest BCUT2D eigenvalue weighted by Gasteiger charge is -2.23. The van der Waals surface area contributed by atoms with Crippen LogP contribution in [0.2, 0.25) is 0 Å². The zero-order valence-corrected chi connectivity index (χ0v) is 14.9. The number of hydrogen-bond donors (Lipinski definition) is 0. The number of halogens is 3. The second-order valence-corrected chi connectivity index (χ2v) is 7.49. The quantitative estimate of drug-likeness (QED) is 0.450. The number of nitrogens with zero attached hydrogens (tertiary/aromatic N) is 2. The van der Waals surface area contributed by atoms with E-state index in [2.05, 4.69) is 30.8 Å². The lowest BCUT2D eigenvalue weighted by molar-refractivity contribution is -0.224. The zero-order valence-electron chi connectivity index (χ0n) is 14.9. The predicted octanol–water partition coefficient (Wildman–Crippen LogP) is 4.63. The maximum absolute atomic E-state index is 12.8. The minimum Gasteiger partial charge on any atom is -0.316 e. The van der Waals surface area contributed by atoms with Crippen molar-refractivity contribution in [3.05, 3.63) is 35.4 Å². The molecule has 0 fully saturated rings. The van der Waals surface area contributed by atoms with Gasteiger partial charge in [-0.15, -0.1) is 0 Å². The Kier molecular flexibility index (Phi) is 6.00. The third-order valence-electron chi connectivity index (χ3n) is 3.48. The molecule has 0 amide bonds. The molecule has 1 rings (SSSR count). The summed E-state index contributed by atoms with van der Waals surface area (Å²) in [6.07, 6.45) is -4.04. The fourth-order valence-electron chi connectivity index (χ4n) is 1.90. The summed E-state index contributed by atoms with van der Waals surface area (Å²) < 4.78 is 38.4. The van der Waals surface area contributed by atoms with Gasteiger partial charge in [0, 0.05) is 5.56 Å². The van der Waals surface area contributed by atoms with E-state index in [1.54, 1.807) is 24.3 Å². The first-order valence-electron chi connectivity index (χ1n) is 7.63. The first-order chi connectivity index (χ1) is 11.3. The smallest absolute Gasteiger partial charge is 0.316 e. The highest BCUT2D eigenvalue weighted by Gasteiger charge is 2.54. The molecule has 0 aliphatic carbocycles. The molecule has 0 aliphatic rings. The van der Waals surface area contributed by atoms with Crippen molar-refractivity contribution in [3.63, 3.8) is 0 Å². The summed E-state index contributed by atoms with van der Waals surface area (Å²) in [5, 5.41) is 12.5. The monoisotopic (exact) mass is 354 g/mol. The summed E-state index contributed by atoms with van der Waals surface area (Å²) in [6.45, 7) is 7.56. The third kappa shape index (κ3) is 5.59. The van der Waals surface area contributed by atoms with Crippen LogP contribution in [0.15, 0.2) is 29.4 Å². The van der Waals surface area contributed by atoms with Crippen molar-refractivity contribution in [1.82, 2.24) is 0 Å². The fourth-order valence-corrected chi connectivity index (χ4v) is 1.90. The van der Waals surface area contributed by atoms with Crippen LogP contribution in [0.4, 0.5) is 13.2 Å². The van der Waals surface area contributed by atoms with Crippen LogP contribution >= 0.6 is 0 Å². The topological polar surface area (TPSA) is 62.4 Å². The Labute approximate surface area is 145 Å². The molecule has 4 nitrogen and oxygen atoms in total. The van der Waals surface area contributed by atoms with Crippen molar-refractivity contribution < 1.29 is 22.8 Å². The highest BCUT2D eigenvalue weighted by molar-refractivity contribution is 6.11. The van der Waals surface area contributed by atoms with Crippen LogP contribution in [0.3, 0.4) is 0 Å². The van der Waals surface area contributed by atoms with E-state index >= 15 is 0 Å². The van der Waals surface area contributed by atoms with E-state index in [0.29, 0.717) is 19.4 Å². The number of alkyl halides is 3. The Balaban J connectivity index is 3.04. The Morgan fingerprint density at radius 1 is 1.20 bits per heavy atom. The molecule has 0 aliphatic heterocycles. The van der Waals surface area contributed by atoms with Gasteiger partial charge in [-0.2, -0.15) is 18.4 Å². The highest BCUT2D eigenvalue weighted by Crippen LogP contribution is 2.38. The molecule has 0 heterocycles. The molecule has 0 N–H and O–H groups in total. The van der Waals surface area contributed by atoms with Gasteiger partial charge in [-0.3, -0.25) is 0 Å². The summed E-state index contributed by atoms with van der Waals surface area (Å²) in [5.74, 6) is -1.57. The van der Waals surface area contributed by atoms with Crippen molar-refractivity contribution in [3.8, 4) is 6.07 Å². The van der Waals surface area contributed by atoms with Crippen LogP contribution in [0, 0.1) is 22.2 Å². The Hall–Kier alpha value is -2.36. The molecule has 7 heteroatoms. The van der Waals surface area contributed by atoms with Gasteiger partial charge in [0.25, 0.3) is 0 Å². The average molecular weight is 354 g/mol. The van der Waals surface area contributed by atoms with Crippen LogP contribution < -0.4 is 0 Å². The summed E-state index contributed by atoms with van der Waals surface area (Å²) >= 11 is 0. The van der Waals surface area contributed by atoms with E-state index in [1.807, 2.05) is 6.07 Å². The lowest BCUT2D eigenvalue weighted by atomic mass is 9.87. The summed E-state index contributed by atoms with van der Waals surface area (Å²) in [4.78, 5) is 16.0. The van der Waals surface area contributed by atoms with Gasteiger partial charge in [0.15, 0.2) is 11.1 Å². The standard InChI is InChI=1S/C18H21F3N2O2/c1-16(2,3)10-12-7-6-8-13(9-12)14(11-22)23-25-15(24)17(4,5)18(19,20)21/h6-9H,10H2,1-5H3.